The zero-order valence-corrected chi connectivity index (χ0v) is 13.5. The van der Waals surface area contributed by atoms with Gasteiger partial charge in [0.15, 0.2) is 4.90 Å². The molecule has 0 saturated heterocycles. The number of esters is 1. The highest BCUT2D eigenvalue weighted by atomic mass is 32.2. The molecule has 0 aromatic heterocycles. The van der Waals surface area contributed by atoms with E-state index in [2.05, 4.69) is 0 Å². The summed E-state index contributed by atoms with van der Waals surface area (Å²) in [5.41, 5.74) is 7.44. The maximum absolute atomic E-state index is 11.9. The maximum atomic E-state index is 11.9. The van der Waals surface area contributed by atoms with E-state index in [9.17, 15) is 9.35 Å². The molecule has 0 aliphatic carbocycles. The van der Waals surface area contributed by atoms with Crippen LogP contribution in [0.2, 0.25) is 0 Å². The molecule has 2 aromatic rings. The van der Waals surface area contributed by atoms with E-state index in [1.165, 1.54) is 0 Å². The minimum absolute atomic E-state index is 0.0940. The zero-order valence-electron chi connectivity index (χ0n) is 12.7. The average molecular weight is 334 g/mol. The van der Waals surface area contributed by atoms with Crippen molar-refractivity contribution >= 4 is 23.0 Å². The molecule has 2 rings (SSSR count). The van der Waals surface area contributed by atoms with E-state index in [4.69, 9.17) is 20.3 Å². The van der Waals surface area contributed by atoms with Crippen LogP contribution in [0.25, 0.3) is 0 Å². The summed E-state index contributed by atoms with van der Waals surface area (Å²) in [6.07, 6.45) is 0. The van der Waals surface area contributed by atoms with Crippen LogP contribution >= 0.6 is 0 Å². The molecule has 0 fully saturated rings. The van der Waals surface area contributed by atoms with Gasteiger partial charge in [-0.05, 0) is 42.8 Å². The molecule has 0 heterocycles. The minimum atomic E-state index is -1.51. The number of carbonyl (C=O) groups excluding carboxylic acids is 1. The maximum Gasteiger partial charge on any atom is 0.340 e. The molecule has 0 saturated carbocycles. The lowest BCUT2D eigenvalue weighted by Gasteiger charge is -2.10. The Labute approximate surface area is 137 Å². The summed E-state index contributed by atoms with van der Waals surface area (Å²) in [6, 6.07) is 11.7. The van der Waals surface area contributed by atoms with Crippen LogP contribution in [0, 0.1) is 6.92 Å². The van der Waals surface area contributed by atoms with E-state index in [-0.39, 0.29) is 13.2 Å². The topological polar surface area (TPSA) is 111 Å². The molecule has 1 unspecified atom stereocenters. The van der Waals surface area contributed by atoms with E-state index in [1.807, 2.05) is 13.0 Å². The largest absolute Gasteiger partial charge is 0.593 e. The number of rotatable bonds is 6. The monoisotopic (exact) mass is 334 g/mol. The molecule has 0 spiro atoms. The van der Waals surface area contributed by atoms with Gasteiger partial charge in [-0.1, -0.05) is 12.1 Å². The Morgan fingerprint density at radius 1 is 1.17 bits per heavy atom. The first-order valence-corrected chi connectivity index (χ1v) is 8.11. The number of para-hydroxylation sites is 1. The number of benzene rings is 2. The molecule has 0 bridgehead atoms. The Kier molecular flexibility index (Phi) is 5.86. The number of aryl methyl sites for hydroxylation is 1. The van der Waals surface area contributed by atoms with Gasteiger partial charge in [0.25, 0.3) is 0 Å². The number of nitrogen functional groups attached to an aromatic ring is 1. The number of ether oxygens (including phenoxy) is 2. The van der Waals surface area contributed by atoms with Gasteiger partial charge in [-0.2, -0.15) is 0 Å². The first-order valence-electron chi connectivity index (χ1n) is 6.90. The number of hydrogen-bond donors (Lipinski definition) is 2. The second-order valence-corrected chi connectivity index (χ2v) is 5.86. The summed E-state index contributed by atoms with van der Waals surface area (Å²) in [4.78, 5) is 12.5. The lowest BCUT2D eigenvalue weighted by atomic mass is 10.1. The minimum Gasteiger partial charge on any atom is -0.593 e. The van der Waals surface area contributed by atoms with Gasteiger partial charge in [-0.15, -0.1) is 5.14 Å². The Bertz CT molecular complexity index is 674. The molecule has 23 heavy (non-hydrogen) atoms. The lowest BCUT2D eigenvalue weighted by Crippen LogP contribution is -2.14. The van der Waals surface area contributed by atoms with Crippen LogP contribution in [0.15, 0.2) is 47.4 Å². The summed E-state index contributed by atoms with van der Waals surface area (Å²) in [5, 5.41) is 5.26. The van der Waals surface area contributed by atoms with Crippen LogP contribution in [0.4, 0.5) is 5.69 Å². The Balaban J connectivity index is 1.81. The molecule has 0 radical (unpaired) electrons. The summed E-state index contributed by atoms with van der Waals surface area (Å²) >= 11 is -1.51. The Morgan fingerprint density at radius 2 is 1.87 bits per heavy atom. The fourth-order valence-electron chi connectivity index (χ4n) is 1.90. The molecular weight excluding hydrogens is 316 g/mol. The first kappa shape index (κ1) is 17.1. The Morgan fingerprint density at radius 3 is 2.52 bits per heavy atom. The Hall–Kier alpha value is -2.22. The fraction of sp³-hybridized carbons (Fsp3) is 0.188. The average Bonchev–Trinajstić information content (AvgIpc) is 2.54. The smallest absolute Gasteiger partial charge is 0.340 e. The molecule has 7 heteroatoms. The van der Waals surface area contributed by atoms with Crippen molar-refractivity contribution in [3.63, 3.8) is 0 Å². The van der Waals surface area contributed by atoms with Gasteiger partial charge in [0.2, 0.25) is 0 Å². The lowest BCUT2D eigenvalue weighted by molar-refractivity contribution is 0.0451. The third-order valence-corrected chi connectivity index (χ3v) is 3.92. The molecule has 1 atom stereocenters. The van der Waals surface area contributed by atoms with Crippen molar-refractivity contribution in [2.45, 2.75) is 11.8 Å². The zero-order chi connectivity index (χ0) is 16.8. The highest BCUT2D eigenvalue weighted by Gasteiger charge is 2.12. The summed E-state index contributed by atoms with van der Waals surface area (Å²) in [5.74, 6) is 0.0917. The molecule has 4 N–H and O–H groups in total. The van der Waals surface area contributed by atoms with Crippen molar-refractivity contribution in [2.24, 2.45) is 5.14 Å². The second-order valence-electron chi connectivity index (χ2n) is 4.79. The number of carbonyl (C=O) groups is 1. The highest BCUT2D eigenvalue weighted by molar-refractivity contribution is 7.89. The van der Waals surface area contributed by atoms with Gasteiger partial charge in [0, 0.05) is 5.69 Å². The van der Waals surface area contributed by atoms with Crippen molar-refractivity contribution in [3.8, 4) is 5.75 Å². The van der Waals surface area contributed by atoms with Crippen LogP contribution in [-0.4, -0.2) is 23.7 Å². The predicted octanol–water partition coefficient (Wildman–Crippen LogP) is 1.79. The van der Waals surface area contributed by atoms with Crippen LogP contribution in [0.3, 0.4) is 0 Å². The van der Waals surface area contributed by atoms with Crippen molar-refractivity contribution in [1.29, 1.82) is 0 Å². The fourth-order valence-corrected chi connectivity index (χ4v) is 2.30. The predicted molar refractivity (Wildman–Crippen MR) is 88.4 cm³/mol. The van der Waals surface area contributed by atoms with Gasteiger partial charge >= 0.3 is 5.97 Å². The molecule has 6 nitrogen and oxygen atoms in total. The van der Waals surface area contributed by atoms with Gasteiger partial charge in [0.05, 0.1) is 16.9 Å². The first-order chi connectivity index (χ1) is 11.0. The van der Waals surface area contributed by atoms with Crippen LogP contribution in [0.5, 0.6) is 5.75 Å². The second kappa shape index (κ2) is 7.87. The third-order valence-electron chi connectivity index (χ3n) is 3.19. The summed E-state index contributed by atoms with van der Waals surface area (Å²) in [7, 11) is 0. The SMILES string of the molecule is Cc1cccc(C(=O)OCCOc2ccc([S+](N)[O-])cc2)c1N. The molecule has 0 aliphatic heterocycles. The van der Waals surface area contributed by atoms with E-state index in [0.29, 0.717) is 21.9 Å². The molecule has 0 aliphatic rings. The van der Waals surface area contributed by atoms with Crippen molar-refractivity contribution in [2.75, 3.05) is 18.9 Å². The van der Waals surface area contributed by atoms with E-state index in [0.717, 1.165) is 5.56 Å². The third kappa shape index (κ3) is 4.62. The number of nitrogens with two attached hydrogens (primary N) is 2. The highest BCUT2D eigenvalue weighted by Crippen LogP contribution is 2.17. The van der Waals surface area contributed by atoms with Crippen LogP contribution < -0.4 is 15.6 Å². The molecule has 122 valence electrons. The molecular formula is C16H18N2O4S. The summed E-state index contributed by atoms with van der Waals surface area (Å²) < 4.78 is 21.6. The van der Waals surface area contributed by atoms with Crippen LogP contribution in [0.1, 0.15) is 15.9 Å². The normalized spacial score (nSPS) is 11.8. The molecule has 2 aromatic carbocycles. The molecule has 0 amide bonds. The van der Waals surface area contributed by atoms with E-state index >= 15 is 0 Å². The van der Waals surface area contributed by atoms with Crippen molar-refractivity contribution < 1.29 is 18.8 Å². The number of hydrogen-bond acceptors (Lipinski definition) is 6. The quantitative estimate of drug-likeness (QED) is 0.361. The van der Waals surface area contributed by atoms with Gasteiger partial charge < -0.3 is 19.8 Å². The van der Waals surface area contributed by atoms with E-state index < -0.39 is 17.3 Å². The van der Waals surface area contributed by atoms with E-state index in [1.54, 1.807) is 36.4 Å². The van der Waals surface area contributed by atoms with Gasteiger partial charge in [-0.3, -0.25) is 0 Å². The van der Waals surface area contributed by atoms with Gasteiger partial charge in [-0.25, -0.2) is 4.79 Å². The summed E-state index contributed by atoms with van der Waals surface area (Å²) in [6.45, 7) is 2.12. The number of anilines is 1. The van der Waals surface area contributed by atoms with Crippen molar-refractivity contribution in [3.05, 3.63) is 53.6 Å². The van der Waals surface area contributed by atoms with Crippen molar-refractivity contribution in [1.82, 2.24) is 0 Å². The van der Waals surface area contributed by atoms with Crippen LogP contribution in [-0.2, 0) is 16.1 Å². The van der Waals surface area contributed by atoms with Gasteiger partial charge in [0.1, 0.15) is 19.0 Å². The standard InChI is InChI=1S/C16H18N2O4S/c1-11-3-2-4-14(15(11)17)16(19)22-10-9-21-12-5-7-13(8-6-12)23(18)20/h2-8H,9-10,17-18H2,1H3.